The number of nitrogen functional groups attached to an aromatic ring is 1. The van der Waals surface area contributed by atoms with Gasteiger partial charge in [-0.2, -0.15) is 0 Å². The summed E-state index contributed by atoms with van der Waals surface area (Å²) < 4.78 is 13.1. The lowest BCUT2D eigenvalue weighted by molar-refractivity contribution is -0.383. The second kappa shape index (κ2) is 4.84. The Labute approximate surface area is 107 Å². The maximum absolute atomic E-state index is 13.1. The number of aryl methyl sites for hydroxylation is 1. The van der Waals surface area contributed by atoms with E-state index in [0.29, 0.717) is 11.3 Å². The van der Waals surface area contributed by atoms with Crippen LogP contribution in [0.15, 0.2) is 24.5 Å². The van der Waals surface area contributed by atoms with Crippen molar-refractivity contribution in [2.75, 3.05) is 11.1 Å². The van der Waals surface area contributed by atoms with Gasteiger partial charge in [-0.1, -0.05) is 0 Å². The molecule has 0 amide bonds. The van der Waals surface area contributed by atoms with Crippen molar-refractivity contribution < 1.29 is 9.31 Å². The molecule has 0 saturated carbocycles. The molecule has 1 heterocycles. The lowest BCUT2D eigenvalue weighted by atomic mass is 10.2. The van der Waals surface area contributed by atoms with Gasteiger partial charge in [-0.05, 0) is 30.7 Å². The molecule has 8 heteroatoms. The quantitative estimate of drug-likeness (QED) is 0.649. The zero-order valence-corrected chi connectivity index (χ0v) is 9.92. The van der Waals surface area contributed by atoms with Crippen molar-refractivity contribution in [1.82, 2.24) is 9.97 Å². The van der Waals surface area contributed by atoms with Gasteiger partial charge >= 0.3 is 5.69 Å². The Bertz CT molecular complexity index is 647. The summed E-state index contributed by atoms with van der Waals surface area (Å²) in [6.07, 6.45) is 1.11. The molecule has 1 aromatic carbocycles. The molecule has 0 atom stereocenters. The molecule has 0 aliphatic heterocycles. The SMILES string of the molecule is Cc1cc(Nc2ncnc(N)c2[N+](=O)[O-])ccc1F. The fourth-order valence-electron chi connectivity index (χ4n) is 1.52. The van der Waals surface area contributed by atoms with Gasteiger partial charge in [0.1, 0.15) is 12.1 Å². The Morgan fingerprint density at radius 1 is 1.42 bits per heavy atom. The Hall–Kier alpha value is -2.77. The molecule has 0 radical (unpaired) electrons. The highest BCUT2D eigenvalue weighted by Crippen LogP contribution is 2.29. The van der Waals surface area contributed by atoms with Crippen molar-refractivity contribution in [1.29, 1.82) is 0 Å². The van der Waals surface area contributed by atoms with Crippen LogP contribution in [0.25, 0.3) is 0 Å². The Kier molecular flexibility index (Phi) is 3.23. The monoisotopic (exact) mass is 263 g/mol. The number of nitro groups is 1. The number of hydrogen-bond acceptors (Lipinski definition) is 6. The van der Waals surface area contributed by atoms with Crippen molar-refractivity contribution in [2.45, 2.75) is 6.92 Å². The van der Waals surface area contributed by atoms with Gasteiger partial charge in [-0.15, -0.1) is 0 Å². The molecule has 0 saturated heterocycles. The molecule has 19 heavy (non-hydrogen) atoms. The maximum Gasteiger partial charge on any atom is 0.353 e. The standard InChI is InChI=1S/C11H10FN5O2/c1-6-4-7(2-3-8(6)12)16-11-9(17(18)19)10(13)14-5-15-11/h2-5H,1H3,(H3,13,14,15,16). The molecule has 0 unspecified atom stereocenters. The van der Waals surface area contributed by atoms with E-state index in [-0.39, 0.29) is 17.5 Å². The first-order valence-corrected chi connectivity index (χ1v) is 5.27. The minimum absolute atomic E-state index is 0.0384. The fourth-order valence-corrected chi connectivity index (χ4v) is 1.52. The number of rotatable bonds is 3. The van der Waals surface area contributed by atoms with Crippen LogP contribution in [0, 0.1) is 22.9 Å². The van der Waals surface area contributed by atoms with Gasteiger partial charge in [-0.25, -0.2) is 14.4 Å². The number of aromatic nitrogens is 2. The van der Waals surface area contributed by atoms with Crippen LogP contribution in [-0.4, -0.2) is 14.9 Å². The van der Waals surface area contributed by atoms with Crippen molar-refractivity contribution in [2.24, 2.45) is 0 Å². The number of nitrogens with two attached hydrogens (primary N) is 1. The van der Waals surface area contributed by atoms with Crippen molar-refractivity contribution >= 4 is 23.0 Å². The zero-order chi connectivity index (χ0) is 14.0. The molecule has 0 spiro atoms. The molecule has 98 valence electrons. The Morgan fingerprint density at radius 2 is 2.16 bits per heavy atom. The second-order valence-corrected chi connectivity index (χ2v) is 3.80. The predicted molar refractivity (Wildman–Crippen MR) is 67.5 cm³/mol. The number of nitrogens with one attached hydrogen (secondary N) is 1. The van der Waals surface area contributed by atoms with Crippen LogP contribution in [0.5, 0.6) is 0 Å². The molecule has 0 aliphatic carbocycles. The second-order valence-electron chi connectivity index (χ2n) is 3.80. The summed E-state index contributed by atoms with van der Waals surface area (Å²) >= 11 is 0. The minimum atomic E-state index is -0.673. The third-order valence-electron chi connectivity index (χ3n) is 2.45. The lowest BCUT2D eigenvalue weighted by Crippen LogP contribution is -2.05. The van der Waals surface area contributed by atoms with Crippen molar-refractivity contribution in [3.63, 3.8) is 0 Å². The minimum Gasteiger partial charge on any atom is -0.378 e. The third kappa shape index (κ3) is 2.57. The molecule has 3 N–H and O–H groups in total. The summed E-state index contributed by atoms with van der Waals surface area (Å²) in [5, 5.41) is 13.6. The first kappa shape index (κ1) is 12.7. The van der Waals surface area contributed by atoms with Gasteiger partial charge in [0.25, 0.3) is 0 Å². The van der Waals surface area contributed by atoms with Crippen molar-refractivity contribution in [3.8, 4) is 0 Å². The van der Waals surface area contributed by atoms with Crippen LogP contribution in [0.3, 0.4) is 0 Å². The normalized spacial score (nSPS) is 10.2. The van der Waals surface area contributed by atoms with E-state index in [9.17, 15) is 14.5 Å². The van der Waals surface area contributed by atoms with Crippen LogP contribution in [-0.2, 0) is 0 Å². The number of benzene rings is 1. The van der Waals surface area contributed by atoms with Crippen molar-refractivity contribution in [3.05, 3.63) is 46.0 Å². The molecule has 2 rings (SSSR count). The molecule has 0 bridgehead atoms. The van der Waals surface area contributed by atoms with Gasteiger partial charge in [0, 0.05) is 5.69 Å². The van der Waals surface area contributed by atoms with Gasteiger partial charge in [0.2, 0.25) is 11.6 Å². The largest absolute Gasteiger partial charge is 0.378 e. The number of hydrogen-bond donors (Lipinski definition) is 2. The smallest absolute Gasteiger partial charge is 0.353 e. The van der Waals surface area contributed by atoms with E-state index in [2.05, 4.69) is 15.3 Å². The van der Waals surface area contributed by atoms with Crippen LogP contribution < -0.4 is 11.1 Å². The van der Waals surface area contributed by atoms with Gasteiger partial charge in [0.05, 0.1) is 4.92 Å². The van der Waals surface area contributed by atoms with E-state index < -0.39 is 10.6 Å². The van der Waals surface area contributed by atoms with E-state index in [1.807, 2.05) is 0 Å². The molecular formula is C11H10FN5O2. The molecule has 7 nitrogen and oxygen atoms in total. The van der Waals surface area contributed by atoms with Crippen LogP contribution in [0.2, 0.25) is 0 Å². The summed E-state index contributed by atoms with van der Waals surface area (Å²) in [5.41, 5.74) is 5.91. The van der Waals surface area contributed by atoms with E-state index in [1.54, 1.807) is 6.92 Å². The topological polar surface area (TPSA) is 107 Å². The van der Waals surface area contributed by atoms with E-state index in [0.717, 1.165) is 6.33 Å². The molecular weight excluding hydrogens is 253 g/mol. The summed E-state index contributed by atoms with van der Waals surface area (Å²) in [7, 11) is 0. The summed E-state index contributed by atoms with van der Waals surface area (Å²) in [5.74, 6) is -0.632. The Balaban J connectivity index is 2.40. The number of nitrogens with zero attached hydrogens (tertiary/aromatic N) is 3. The van der Waals surface area contributed by atoms with E-state index in [1.165, 1.54) is 18.2 Å². The summed E-state index contributed by atoms with van der Waals surface area (Å²) in [6.45, 7) is 1.59. The molecule has 1 aromatic heterocycles. The highest BCUT2D eigenvalue weighted by atomic mass is 19.1. The first-order valence-electron chi connectivity index (χ1n) is 5.27. The predicted octanol–water partition coefficient (Wildman–Crippen LogP) is 2.16. The lowest BCUT2D eigenvalue weighted by Gasteiger charge is -2.07. The number of halogens is 1. The summed E-state index contributed by atoms with van der Waals surface area (Å²) in [4.78, 5) is 17.6. The average molecular weight is 263 g/mol. The summed E-state index contributed by atoms with van der Waals surface area (Å²) in [6, 6.07) is 4.22. The maximum atomic E-state index is 13.1. The van der Waals surface area contributed by atoms with Gasteiger partial charge < -0.3 is 11.1 Å². The van der Waals surface area contributed by atoms with Crippen LogP contribution in [0.1, 0.15) is 5.56 Å². The number of anilines is 3. The molecule has 0 aliphatic rings. The fraction of sp³-hybridized carbons (Fsp3) is 0.0909. The molecule has 2 aromatic rings. The average Bonchev–Trinajstić information content (AvgIpc) is 2.33. The first-order chi connectivity index (χ1) is 8.99. The van der Waals surface area contributed by atoms with Crippen LogP contribution in [0.4, 0.5) is 27.4 Å². The zero-order valence-electron chi connectivity index (χ0n) is 9.92. The third-order valence-corrected chi connectivity index (χ3v) is 2.45. The Morgan fingerprint density at radius 3 is 2.79 bits per heavy atom. The van der Waals surface area contributed by atoms with E-state index >= 15 is 0 Å². The van der Waals surface area contributed by atoms with Gasteiger partial charge in [0.15, 0.2) is 0 Å². The van der Waals surface area contributed by atoms with Crippen LogP contribution >= 0.6 is 0 Å². The molecule has 0 fully saturated rings. The highest BCUT2D eigenvalue weighted by Gasteiger charge is 2.20. The van der Waals surface area contributed by atoms with E-state index in [4.69, 9.17) is 5.73 Å². The highest BCUT2D eigenvalue weighted by molar-refractivity contribution is 5.72. The van der Waals surface area contributed by atoms with Gasteiger partial charge in [-0.3, -0.25) is 10.1 Å².